The van der Waals surface area contributed by atoms with Gasteiger partial charge in [0.05, 0.1) is 12.8 Å². The van der Waals surface area contributed by atoms with Crippen LogP contribution in [0.4, 0.5) is 10.5 Å². The van der Waals surface area contributed by atoms with E-state index < -0.39 is 17.8 Å². The number of nitrogens with zero attached hydrogens (tertiary/aromatic N) is 2. The third-order valence-electron chi connectivity index (χ3n) is 5.48. The zero-order valence-corrected chi connectivity index (χ0v) is 18.3. The molecule has 2 heterocycles. The molecule has 2 aromatic carbocycles. The zero-order chi connectivity index (χ0) is 23.0. The van der Waals surface area contributed by atoms with Gasteiger partial charge in [0.2, 0.25) is 0 Å². The first-order valence-corrected chi connectivity index (χ1v) is 10.1. The molecule has 0 saturated carbocycles. The Labute approximate surface area is 185 Å². The van der Waals surface area contributed by atoms with Gasteiger partial charge in [0, 0.05) is 23.1 Å². The molecule has 0 unspecified atom stereocenters. The number of anilines is 1. The van der Waals surface area contributed by atoms with Gasteiger partial charge in [0.25, 0.3) is 11.8 Å². The number of amides is 4. The average molecular weight is 429 g/mol. The van der Waals surface area contributed by atoms with Crippen LogP contribution in [0, 0.1) is 20.8 Å². The lowest BCUT2D eigenvalue weighted by Gasteiger charge is -2.26. The third kappa shape index (κ3) is 3.69. The second-order valence-electron chi connectivity index (χ2n) is 7.66. The Balaban J connectivity index is 1.75. The quantitative estimate of drug-likeness (QED) is 0.501. The number of barbiturate groups is 1. The van der Waals surface area contributed by atoms with E-state index in [4.69, 9.17) is 4.74 Å². The highest BCUT2D eigenvalue weighted by molar-refractivity contribution is 6.39. The van der Waals surface area contributed by atoms with Crippen molar-refractivity contribution < 1.29 is 19.1 Å². The summed E-state index contributed by atoms with van der Waals surface area (Å²) in [6.45, 7) is 5.91. The number of imide groups is 2. The van der Waals surface area contributed by atoms with Gasteiger partial charge in [-0.25, -0.2) is 9.69 Å². The van der Waals surface area contributed by atoms with Crippen LogP contribution in [-0.2, 0) is 9.59 Å². The first kappa shape index (κ1) is 21.1. The number of carbonyl (C=O) groups excluding carboxylic acids is 3. The van der Waals surface area contributed by atoms with Crippen molar-refractivity contribution in [2.45, 2.75) is 20.8 Å². The molecule has 0 radical (unpaired) electrons. The Bertz CT molecular complexity index is 1270. The molecule has 1 aromatic heterocycles. The van der Waals surface area contributed by atoms with E-state index in [9.17, 15) is 14.4 Å². The van der Waals surface area contributed by atoms with Gasteiger partial charge in [-0.1, -0.05) is 23.8 Å². The lowest BCUT2D eigenvalue weighted by molar-refractivity contribution is -0.122. The van der Waals surface area contributed by atoms with Crippen molar-refractivity contribution in [2.75, 3.05) is 12.0 Å². The largest absolute Gasteiger partial charge is 0.497 e. The number of nitrogens with one attached hydrogen (secondary N) is 1. The standard InChI is InChI=1S/C25H23N3O4/c1-15-8-10-19(11-9-15)27-16(2)12-18(17(27)3)13-22-23(29)26-25(31)28(24(22)30)20-6-5-7-21(14-20)32-4/h5-14H,1-4H3,(H,26,29,31)/b22-13-. The van der Waals surface area contributed by atoms with Crippen molar-refractivity contribution in [3.63, 3.8) is 0 Å². The molecule has 1 saturated heterocycles. The molecule has 4 amide bonds. The molecule has 0 aliphatic carbocycles. The summed E-state index contributed by atoms with van der Waals surface area (Å²) in [6, 6.07) is 15.8. The normalized spacial score (nSPS) is 15.3. The number of ether oxygens (including phenoxy) is 1. The van der Waals surface area contributed by atoms with Crippen molar-refractivity contribution >= 4 is 29.6 Å². The second-order valence-corrected chi connectivity index (χ2v) is 7.66. The number of benzene rings is 2. The maximum atomic E-state index is 13.2. The van der Waals surface area contributed by atoms with Crippen LogP contribution in [0.15, 0.2) is 60.2 Å². The molecular formula is C25H23N3O4. The van der Waals surface area contributed by atoms with Crippen molar-refractivity contribution in [1.82, 2.24) is 9.88 Å². The molecule has 0 atom stereocenters. The minimum absolute atomic E-state index is 0.114. The lowest BCUT2D eigenvalue weighted by atomic mass is 10.1. The number of aromatic nitrogens is 1. The highest BCUT2D eigenvalue weighted by atomic mass is 16.5. The zero-order valence-electron chi connectivity index (χ0n) is 18.3. The van der Waals surface area contributed by atoms with E-state index in [1.165, 1.54) is 13.2 Å². The van der Waals surface area contributed by atoms with Crippen LogP contribution in [0.3, 0.4) is 0 Å². The summed E-state index contributed by atoms with van der Waals surface area (Å²) in [5.41, 5.74) is 4.91. The van der Waals surface area contributed by atoms with Crippen molar-refractivity contribution in [1.29, 1.82) is 0 Å². The van der Waals surface area contributed by atoms with Gasteiger partial charge in [-0.15, -0.1) is 0 Å². The van der Waals surface area contributed by atoms with E-state index in [2.05, 4.69) is 9.88 Å². The molecule has 7 nitrogen and oxygen atoms in total. The molecule has 1 N–H and O–H groups in total. The maximum Gasteiger partial charge on any atom is 0.335 e. The maximum absolute atomic E-state index is 13.2. The summed E-state index contributed by atoms with van der Waals surface area (Å²) in [7, 11) is 1.50. The summed E-state index contributed by atoms with van der Waals surface area (Å²) >= 11 is 0. The summed E-state index contributed by atoms with van der Waals surface area (Å²) < 4.78 is 7.24. The van der Waals surface area contributed by atoms with Gasteiger partial charge in [0.15, 0.2) is 0 Å². The SMILES string of the molecule is COc1cccc(N2C(=O)NC(=O)/C(=C/c3cc(C)n(-c4ccc(C)cc4)c3C)C2=O)c1. The van der Waals surface area contributed by atoms with Crippen LogP contribution in [0.1, 0.15) is 22.5 Å². The fourth-order valence-electron chi connectivity index (χ4n) is 3.82. The number of carbonyl (C=O) groups is 3. The minimum Gasteiger partial charge on any atom is -0.497 e. The summed E-state index contributed by atoms with van der Waals surface area (Å²) in [6.07, 6.45) is 1.53. The number of hydrogen-bond donors (Lipinski definition) is 1. The van der Waals surface area contributed by atoms with E-state index >= 15 is 0 Å². The molecule has 32 heavy (non-hydrogen) atoms. The van der Waals surface area contributed by atoms with Gasteiger partial charge >= 0.3 is 6.03 Å². The fraction of sp³-hybridized carbons (Fsp3) is 0.160. The molecule has 7 heteroatoms. The monoisotopic (exact) mass is 429 g/mol. The van der Waals surface area contributed by atoms with E-state index in [0.29, 0.717) is 11.4 Å². The summed E-state index contributed by atoms with van der Waals surface area (Å²) in [5, 5.41) is 2.26. The van der Waals surface area contributed by atoms with Gasteiger partial charge in [-0.3, -0.25) is 14.9 Å². The summed E-state index contributed by atoms with van der Waals surface area (Å²) in [4.78, 5) is 39.1. The lowest BCUT2D eigenvalue weighted by Crippen LogP contribution is -2.54. The smallest absolute Gasteiger partial charge is 0.335 e. The minimum atomic E-state index is -0.796. The van der Waals surface area contributed by atoms with Crippen LogP contribution >= 0.6 is 0 Å². The number of methoxy groups -OCH3 is 1. The van der Waals surface area contributed by atoms with Crippen LogP contribution < -0.4 is 15.0 Å². The van der Waals surface area contributed by atoms with Gasteiger partial charge in [-0.05, 0) is 62.7 Å². The second kappa shape index (κ2) is 8.19. The van der Waals surface area contributed by atoms with Gasteiger partial charge in [-0.2, -0.15) is 0 Å². The van der Waals surface area contributed by atoms with Gasteiger partial charge in [0.1, 0.15) is 11.3 Å². The molecule has 0 bridgehead atoms. The van der Waals surface area contributed by atoms with E-state index in [-0.39, 0.29) is 5.57 Å². The number of urea groups is 1. The Kier molecular flexibility index (Phi) is 5.40. The van der Waals surface area contributed by atoms with E-state index in [0.717, 1.165) is 33.1 Å². The molecule has 162 valence electrons. The topological polar surface area (TPSA) is 80.6 Å². The van der Waals surface area contributed by atoms with Gasteiger partial charge < -0.3 is 9.30 Å². The van der Waals surface area contributed by atoms with Crippen LogP contribution in [0.25, 0.3) is 11.8 Å². The molecule has 0 spiro atoms. The number of rotatable bonds is 4. The van der Waals surface area contributed by atoms with E-state index in [1.54, 1.807) is 24.3 Å². The molecule has 3 aromatic rings. The molecular weight excluding hydrogens is 406 g/mol. The Hall–Kier alpha value is -4.13. The molecule has 4 rings (SSSR count). The molecule has 1 fully saturated rings. The van der Waals surface area contributed by atoms with Crippen molar-refractivity contribution in [2.24, 2.45) is 0 Å². The molecule has 1 aliphatic rings. The first-order valence-electron chi connectivity index (χ1n) is 10.1. The van der Waals surface area contributed by atoms with Crippen LogP contribution in [-0.4, -0.2) is 29.5 Å². The predicted octanol–water partition coefficient (Wildman–Crippen LogP) is 4.08. The highest BCUT2D eigenvalue weighted by Gasteiger charge is 2.37. The third-order valence-corrected chi connectivity index (χ3v) is 5.48. The Morgan fingerprint density at radius 2 is 1.62 bits per heavy atom. The van der Waals surface area contributed by atoms with Crippen molar-refractivity contribution in [3.05, 3.63) is 82.7 Å². The number of hydrogen-bond acceptors (Lipinski definition) is 4. The first-order chi connectivity index (χ1) is 15.3. The molecule has 1 aliphatic heterocycles. The van der Waals surface area contributed by atoms with Crippen LogP contribution in [0.5, 0.6) is 5.75 Å². The summed E-state index contributed by atoms with van der Waals surface area (Å²) in [5.74, 6) is -0.918. The Morgan fingerprint density at radius 1 is 0.906 bits per heavy atom. The van der Waals surface area contributed by atoms with E-state index in [1.807, 2.05) is 51.1 Å². The number of aryl methyl sites for hydroxylation is 2. The van der Waals surface area contributed by atoms with Crippen LogP contribution in [0.2, 0.25) is 0 Å². The predicted molar refractivity (Wildman–Crippen MR) is 122 cm³/mol. The highest BCUT2D eigenvalue weighted by Crippen LogP contribution is 2.27. The average Bonchev–Trinajstić information content (AvgIpc) is 3.04. The Morgan fingerprint density at radius 3 is 2.31 bits per heavy atom. The van der Waals surface area contributed by atoms with Crippen molar-refractivity contribution in [3.8, 4) is 11.4 Å². The fourth-order valence-corrected chi connectivity index (χ4v) is 3.82.